The van der Waals surface area contributed by atoms with E-state index >= 15 is 0 Å². The normalized spacial score (nSPS) is 15.3. The topological polar surface area (TPSA) is 113 Å². The Morgan fingerprint density at radius 2 is 1.77 bits per heavy atom. The van der Waals surface area contributed by atoms with E-state index in [0.717, 1.165) is 22.2 Å². The van der Waals surface area contributed by atoms with Crippen molar-refractivity contribution in [3.63, 3.8) is 0 Å². The van der Waals surface area contributed by atoms with Crippen molar-refractivity contribution < 1.29 is 28.9 Å². The Hall–Kier alpha value is -3.88. The minimum absolute atomic E-state index is 0.150. The third-order valence-corrected chi connectivity index (χ3v) is 5.47. The number of aromatic amines is 1. The molecule has 9 heteroatoms. The van der Waals surface area contributed by atoms with Crippen molar-refractivity contribution in [2.75, 3.05) is 26.6 Å². The van der Waals surface area contributed by atoms with Crippen molar-refractivity contribution in [3.8, 4) is 17.2 Å². The van der Waals surface area contributed by atoms with Gasteiger partial charge in [-0.05, 0) is 11.6 Å². The second-order valence-corrected chi connectivity index (χ2v) is 7.16. The van der Waals surface area contributed by atoms with Gasteiger partial charge in [-0.2, -0.15) is 0 Å². The van der Waals surface area contributed by atoms with Gasteiger partial charge in [0.25, 0.3) is 0 Å². The van der Waals surface area contributed by atoms with Gasteiger partial charge in [0.05, 0.1) is 33.6 Å². The summed E-state index contributed by atoms with van der Waals surface area (Å²) in [5.41, 5.74) is 3.08. The molecule has 4 rings (SSSR count). The zero-order chi connectivity index (χ0) is 22.1. The summed E-state index contributed by atoms with van der Waals surface area (Å²) < 4.78 is 15.9. The Kier molecular flexibility index (Phi) is 5.33. The molecule has 2 heterocycles. The zero-order valence-electron chi connectivity index (χ0n) is 17.4. The Labute approximate surface area is 178 Å². The summed E-state index contributed by atoms with van der Waals surface area (Å²) in [7, 11) is 4.44. The Balaban J connectivity index is 1.65. The molecule has 1 unspecified atom stereocenters. The van der Waals surface area contributed by atoms with E-state index < -0.39 is 18.0 Å². The van der Waals surface area contributed by atoms with E-state index in [1.807, 2.05) is 24.3 Å². The van der Waals surface area contributed by atoms with Crippen LogP contribution >= 0.6 is 0 Å². The minimum Gasteiger partial charge on any atom is -0.493 e. The van der Waals surface area contributed by atoms with Crippen LogP contribution in [0.4, 0.5) is 10.5 Å². The summed E-state index contributed by atoms with van der Waals surface area (Å²) in [6.45, 7) is 0.150. The van der Waals surface area contributed by atoms with Crippen LogP contribution < -0.4 is 19.5 Å². The first-order valence-corrected chi connectivity index (χ1v) is 9.65. The number of ether oxygens (including phenoxy) is 3. The molecule has 162 valence electrons. The predicted molar refractivity (Wildman–Crippen MR) is 114 cm³/mol. The number of nitrogens with zero attached hydrogens (tertiary/aromatic N) is 1. The molecule has 0 aliphatic carbocycles. The maximum Gasteiger partial charge on any atom is 0.326 e. The second kappa shape index (κ2) is 8.10. The van der Waals surface area contributed by atoms with Gasteiger partial charge < -0.3 is 34.5 Å². The van der Waals surface area contributed by atoms with Crippen LogP contribution in [0.5, 0.6) is 17.2 Å². The molecule has 0 saturated carbocycles. The first-order valence-electron chi connectivity index (χ1n) is 9.65. The number of hydrogen-bond acceptors (Lipinski definition) is 5. The number of carboxylic acid groups (broad SMARTS) is 1. The number of anilines is 1. The summed E-state index contributed by atoms with van der Waals surface area (Å²) in [4.78, 5) is 29.7. The Bertz CT molecular complexity index is 1130. The van der Waals surface area contributed by atoms with Gasteiger partial charge in [0.15, 0.2) is 11.5 Å². The third-order valence-electron chi connectivity index (χ3n) is 5.47. The average molecular weight is 425 g/mol. The number of fused-ring (bicyclic) bond motifs is 3. The molecule has 2 amide bonds. The van der Waals surface area contributed by atoms with Gasteiger partial charge in [0, 0.05) is 35.2 Å². The SMILES string of the molecule is COc1cc(NC(=O)N2Cc3[nH]c4ccccc4c3CC2C(=O)O)cc(OC)c1OC. The molecule has 9 nitrogen and oxygen atoms in total. The van der Waals surface area contributed by atoms with Crippen molar-refractivity contribution in [2.24, 2.45) is 0 Å². The van der Waals surface area contributed by atoms with Crippen LogP contribution in [0, 0.1) is 0 Å². The fourth-order valence-electron chi connectivity index (χ4n) is 3.99. The average Bonchev–Trinajstić information content (AvgIpc) is 3.15. The molecule has 1 aromatic heterocycles. The third kappa shape index (κ3) is 3.58. The second-order valence-electron chi connectivity index (χ2n) is 7.16. The number of H-pyrrole nitrogens is 1. The molecule has 0 spiro atoms. The molecule has 1 aliphatic rings. The highest BCUT2D eigenvalue weighted by Crippen LogP contribution is 2.40. The maximum absolute atomic E-state index is 13.1. The Morgan fingerprint density at radius 1 is 1.10 bits per heavy atom. The number of methoxy groups -OCH3 is 3. The van der Waals surface area contributed by atoms with Gasteiger partial charge in [-0.25, -0.2) is 9.59 Å². The molecule has 3 N–H and O–H groups in total. The lowest BCUT2D eigenvalue weighted by Crippen LogP contribution is -2.50. The highest BCUT2D eigenvalue weighted by Gasteiger charge is 2.36. The van der Waals surface area contributed by atoms with Crippen LogP contribution in [0.25, 0.3) is 10.9 Å². The number of benzene rings is 2. The molecule has 3 aromatic rings. The summed E-state index contributed by atoms with van der Waals surface area (Å²) >= 11 is 0. The molecule has 0 saturated heterocycles. The van der Waals surface area contributed by atoms with Gasteiger partial charge in [-0.1, -0.05) is 18.2 Å². The van der Waals surface area contributed by atoms with Crippen molar-refractivity contribution >= 4 is 28.6 Å². The molecule has 0 radical (unpaired) electrons. The lowest BCUT2D eigenvalue weighted by atomic mass is 9.97. The fourth-order valence-corrected chi connectivity index (χ4v) is 3.99. The standard InChI is InChI=1S/C22H23N3O6/c1-29-18-8-12(9-19(30-2)20(18)31-3)23-22(28)25-11-16-14(10-17(25)21(26)27)13-6-4-5-7-15(13)24-16/h4-9,17,24H,10-11H2,1-3H3,(H,23,28)(H,26,27). The monoisotopic (exact) mass is 425 g/mol. The van der Waals surface area contributed by atoms with Crippen molar-refractivity contribution in [1.82, 2.24) is 9.88 Å². The number of aliphatic carboxylic acids is 1. The lowest BCUT2D eigenvalue weighted by molar-refractivity contribution is -0.142. The first-order chi connectivity index (χ1) is 15.0. The molecule has 31 heavy (non-hydrogen) atoms. The summed E-state index contributed by atoms with van der Waals surface area (Å²) in [6.07, 6.45) is 0.220. The van der Waals surface area contributed by atoms with Crippen LogP contribution in [0.15, 0.2) is 36.4 Å². The number of aromatic nitrogens is 1. The fraction of sp³-hybridized carbons (Fsp3) is 0.273. The van der Waals surface area contributed by atoms with Crippen LogP contribution in [-0.2, 0) is 17.8 Å². The molecule has 2 aromatic carbocycles. The van der Waals surface area contributed by atoms with Crippen LogP contribution in [-0.4, -0.2) is 54.4 Å². The molecular formula is C22H23N3O6. The van der Waals surface area contributed by atoms with E-state index in [-0.39, 0.29) is 13.0 Å². The van der Waals surface area contributed by atoms with E-state index in [4.69, 9.17) is 14.2 Å². The number of carbonyl (C=O) groups is 2. The van der Waals surface area contributed by atoms with E-state index in [1.54, 1.807) is 12.1 Å². The van der Waals surface area contributed by atoms with Gasteiger partial charge in [-0.3, -0.25) is 0 Å². The van der Waals surface area contributed by atoms with Crippen molar-refractivity contribution in [3.05, 3.63) is 47.7 Å². The van der Waals surface area contributed by atoms with Crippen LogP contribution in [0.1, 0.15) is 11.3 Å². The quantitative estimate of drug-likeness (QED) is 0.578. The predicted octanol–water partition coefficient (Wildman–Crippen LogP) is 3.24. The van der Waals surface area contributed by atoms with Crippen LogP contribution in [0.2, 0.25) is 0 Å². The van der Waals surface area contributed by atoms with Crippen molar-refractivity contribution in [2.45, 2.75) is 19.0 Å². The lowest BCUT2D eigenvalue weighted by Gasteiger charge is -2.33. The number of para-hydroxylation sites is 1. The molecular weight excluding hydrogens is 402 g/mol. The molecule has 0 bridgehead atoms. The number of carbonyl (C=O) groups excluding carboxylic acids is 1. The van der Waals surface area contributed by atoms with Gasteiger partial charge >= 0.3 is 12.0 Å². The van der Waals surface area contributed by atoms with E-state index in [9.17, 15) is 14.7 Å². The number of nitrogens with one attached hydrogen (secondary N) is 2. The summed E-state index contributed by atoms with van der Waals surface area (Å²) in [5, 5.41) is 13.5. The zero-order valence-corrected chi connectivity index (χ0v) is 17.4. The molecule has 0 fully saturated rings. The highest BCUT2D eigenvalue weighted by atomic mass is 16.5. The van der Waals surface area contributed by atoms with Gasteiger partial charge in [-0.15, -0.1) is 0 Å². The minimum atomic E-state index is -1.06. The maximum atomic E-state index is 13.1. The number of amides is 2. The molecule has 1 atom stereocenters. The van der Waals surface area contributed by atoms with Crippen molar-refractivity contribution in [1.29, 1.82) is 0 Å². The largest absolute Gasteiger partial charge is 0.493 e. The number of hydrogen-bond donors (Lipinski definition) is 3. The van der Waals surface area contributed by atoms with E-state index in [1.165, 1.54) is 26.2 Å². The Morgan fingerprint density at radius 3 is 2.39 bits per heavy atom. The van der Waals surface area contributed by atoms with E-state index in [2.05, 4.69) is 10.3 Å². The van der Waals surface area contributed by atoms with Gasteiger partial charge in [0.2, 0.25) is 5.75 Å². The number of carboxylic acids is 1. The molecule has 1 aliphatic heterocycles. The number of rotatable bonds is 5. The number of urea groups is 1. The smallest absolute Gasteiger partial charge is 0.326 e. The van der Waals surface area contributed by atoms with E-state index in [0.29, 0.717) is 22.9 Å². The highest BCUT2D eigenvalue weighted by molar-refractivity contribution is 5.94. The van der Waals surface area contributed by atoms with Gasteiger partial charge in [0.1, 0.15) is 6.04 Å². The summed E-state index contributed by atoms with van der Waals surface area (Å²) in [6, 6.07) is 9.36. The summed E-state index contributed by atoms with van der Waals surface area (Å²) in [5.74, 6) is 0.0926. The van der Waals surface area contributed by atoms with Crippen LogP contribution in [0.3, 0.4) is 0 Å². The first kappa shape index (κ1) is 20.4.